The second kappa shape index (κ2) is 12.9. The van der Waals surface area contributed by atoms with Crippen molar-refractivity contribution < 1.29 is 29.0 Å². The van der Waals surface area contributed by atoms with E-state index in [4.69, 9.17) is 9.47 Å². The maximum absolute atomic E-state index is 12.7. The van der Waals surface area contributed by atoms with Crippen LogP contribution in [0, 0.1) is 0 Å². The minimum absolute atomic E-state index is 0.0101. The molecule has 8 nitrogen and oxygen atoms in total. The number of amides is 2. The third-order valence-electron chi connectivity index (χ3n) is 5.31. The molecule has 2 amide bonds. The standard InChI is InChI=1S/C27H28N2O6/c1-34-26(32)23(16-19-12-14-22(15-13-19)21-10-6-3-7-11-21)28-25(31)24(17-30)29-27(33)35-18-20-8-4-2-5-9-20/h2-15,23-24,30H,16-18H2,1H3,(H,28,31)(H,29,33)/t23-,24+/m1/s1. The van der Waals surface area contributed by atoms with Crippen LogP contribution in [0.3, 0.4) is 0 Å². The van der Waals surface area contributed by atoms with Gasteiger partial charge in [-0.3, -0.25) is 4.79 Å². The van der Waals surface area contributed by atoms with Gasteiger partial charge in [-0.25, -0.2) is 9.59 Å². The van der Waals surface area contributed by atoms with Crippen LogP contribution in [0.2, 0.25) is 0 Å². The first kappa shape index (κ1) is 25.5. The molecule has 0 aliphatic rings. The lowest BCUT2D eigenvalue weighted by molar-refractivity contribution is -0.145. The van der Waals surface area contributed by atoms with Crippen molar-refractivity contribution in [2.24, 2.45) is 0 Å². The van der Waals surface area contributed by atoms with Crippen molar-refractivity contribution >= 4 is 18.0 Å². The Hall–Kier alpha value is -4.17. The Morgan fingerprint density at radius 1 is 0.771 bits per heavy atom. The predicted octanol–water partition coefficient (Wildman–Crippen LogP) is 2.84. The summed E-state index contributed by atoms with van der Waals surface area (Å²) in [6.45, 7) is -0.665. The Morgan fingerprint density at radius 3 is 1.97 bits per heavy atom. The van der Waals surface area contributed by atoms with Crippen LogP contribution in [-0.2, 0) is 32.1 Å². The number of esters is 1. The molecule has 0 spiro atoms. The first-order valence-corrected chi connectivity index (χ1v) is 11.1. The molecule has 0 unspecified atom stereocenters. The molecular weight excluding hydrogens is 448 g/mol. The van der Waals surface area contributed by atoms with Crippen molar-refractivity contribution in [1.82, 2.24) is 10.6 Å². The molecule has 0 aliphatic heterocycles. The lowest BCUT2D eigenvalue weighted by Gasteiger charge is -2.21. The van der Waals surface area contributed by atoms with Gasteiger partial charge in [0.1, 0.15) is 18.7 Å². The molecule has 3 rings (SSSR count). The van der Waals surface area contributed by atoms with Gasteiger partial charge in [-0.15, -0.1) is 0 Å². The van der Waals surface area contributed by atoms with Crippen LogP contribution < -0.4 is 10.6 Å². The minimum Gasteiger partial charge on any atom is -0.467 e. The first-order chi connectivity index (χ1) is 17.0. The summed E-state index contributed by atoms with van der Waals surface area (Å²) in [6, 6.07) is 24.2. The highest BCUT2D eigenvalue weighted by Gasteiger charge is 2.27. The predicted molar refractivity (Wildman–Crippen MR) is 130 cm³/mol. The Balaban J connectivity index is 1.59. The number of benzene rings is 3. The number of hydrogen-bond donors (Lipinski definition) is 3. The SMILES string of the molecule is COC(=O)[C@@H](Cc1ccc(-c2ccccc2)cc1)NC(=O)[C@H](CO)NC(=O)OCc1ccccc1. The number of ether oxygens (including phenoxy) is 2. The van der Waals surface area contributed by atoms with Gasteiger partial charge >= 0.3 is 12.1 Å². The van der Waals surface area contributed by atoms with E-state index in [-0.39, 0.29) is 13.0 Å². The van der Waals surface area contributed by atoms with Gasteiger partial charge in [0.25, 0.3) is 0 Å². The van der Waals surface area contributed by atoms with E-state index in [1.165, 1.54) is 7.11 Å². The number of nitrogens with one attached hydrogen (secondary N) is 2. The van der Waals surface area contributed by atoms with Gasteiger partial charge in [-0.2, -0.15) is 0 Å². The van der Waals surface area contributed by atoms with Crippen molar-refractivity contribution in [1.29, 1.82) is 0 Å². The van der Waals surface area contributed by atoms with Gasteiger partial charge in [-0.05, 0) is 22.3 Å². The van der Waals surface area contributed by atoms with Crippen molar-refractivity contribution in [3.05, 3.63) is 96.1 Å². The summed E-state index contributed by atoms with van der Waals surface area (Å²) >= 11 is 0. The normalized spacial score (nSPS) is 12.2. The fraction of sp³-hybridized carbons (Fsp3) is 0.222. The van der Waals surface area contributed by atoms with E-state index < -0.39 is 36.7 Å². The highest BCUT2D eigenvalue weighted by Crippen LogP contribution is 2.20. The second-order valence-corrected chi connectivity index (χ2v) is 7.79. The minimum atomic E-state index is -1.30. The number of alkyl carbamates (subject to hydrolysis) is 1. The molecule has 0 saturated heterocycles. The maximum atomic E-state index is 12.7. The fourth-order valence-corrected chi connectivity index (χ4v) is 3.41. The average molecular weight is 477 g/mol. The molecule has 0 fully saturated rings. The summed E-state index contributed by atoms with van der Waals surface area (Å²) in [4.78, 5) is 37.1. The molecule has 0 aliphatic carbocycles. The number of rotatable bonds is 10. The Bertz CT molecular complexity index is 1100. The largest absolute Gasteiger partial charge is 0.467 e. The molecule has 8 heteroatoms. The van der Waals surface area contributed by atoms with E-state index in [1.807, 2.05) is 72.8 Å². The van der Waals surface area contributed by atoms with Crippen LogP contribution in [0.15, 0.2) is 84.9 Å². The highest BCUT2D eigenvalue weighted by atomic mass is 16.5. The number of carbonyl (C=O) groups excluding carboxylic acids is 3. The number of methoxy groups -OCH3 is 1. The molecule has 0 aromatic heterocycles. The van der Waals surface area contributed by atoms with E-state index in [0.29, 0.717) is 0 Å². The van der Waals surface area contributed by atoms with E-state index in [1.54, 1.807) is 12.1 Å². The zero-order valence-corrected chi connectivity index (χ0v) is 19.3. The molecule has 0 heterocycles. The van der Waals surface area contributed by atoms with Gasteiger partial charge in [0.05, 0.1) is 13.7 Å². The van der Waals surface area contributed by atoms with Gasteiger partial charge < -0.3 is 25.2 Å². The Labute approximate surface area is 203 Å². The zero-order chi connectivity index (χ0) is 25.0. The topological polar surface area (TPSA) is 114 Å². The molecule has 0 radical (unpaired) electrons. The number of aliphatic hydroxyl groups is 1. The van der Waals surface area contributed by atoms with E-state index in [0.717, 1.165) is 22.3 Å². The van der Waals surface area contributed by atoms with Crippen molar-refractivity contribution in [3.63, 3.8) is 0 Å². The number of aliphatic hydroxyl groups excluding tert-OH is 1. The summed E-state index contributed by atoms with van der Waals surface area (Å²) in [5, 5.41) is 14.5. The third kappa shape index (κ3) is 7.68. The summed E-state index contributed by atoms with van der Waals surface area (Å²) < 4.78 is 9.93. The lowest BCUT2D eigenvalue weighted by atomic mass is 10.0. The average Bonchev–Trinajstić information content (AvgIpc) is 2.91. The summed E-state index contributed by atoms with van der Waals surface area (Å²) in [5.41, 5.74) is 3.66. The molecule has 3 aromatic rings. The van der Waals surface area contributed by atoms with Crippen molar-refractivity contribution in [2.45, 2.75) is 25.1 Å². The summed E-state index contributed by atoms with van der Waals surface area (Å²) in [5.74, 6) is -1.38. The van der Waals surface area contributed by atoms with Gasteiger partial charge in [0, 0.05) is 6.42 Å². The number of hydrogen-bond acceptors (Lipinski definition) is 6. The maximum Gasteiger partial charge on any atom is 0.408 e. The third-order valence-corrected chi connectivity index (χ3v) is 5.31. The molecule has 182 valence electrons. The summed E-state index contributed by atoms with van der Waals surface area (Å²) in [7, 11) is 1.22. The van der Waals surface area contributed by atoms with Crippen LogP contribution in [0.4, 0.5) is 4.79 Å². The quantitative estimate of drug-likeness (QED) is 0.388. The van der Waals surface area contributed by atoms with Crippen LogP contribution in [0.1, 0.15) is 11.1 Å². The van der Waals surface area contributed by atoms with Crippen molar-refractivity contribution in [2.75, 3.05) is 13.7 Å². The smallest absolute Gasteiger partial charge is 0.408 e. The van der Waals surface area contributed by atoms with Gasteiger partial charge in [0.2, 0.25) is 5.91 Å². The van der Waals surface area contributed by atoms with E-state index >= 15 is 0 Å². The Morgan fingerprint density at radius 2 is 1.37 bits per heavy atom. The number of carbonyl (C=O) groups is 3. The van der Waals surface area contributed by atoms with Crippen LogP contribution >= 0.6 is 0 Å². The molecule has 3 N–H and O–H groups in total. The highest BCUT2D eigenvalue weighted by molar-refractivity contribution is 5.89. The zero-order valence-electron chi connectivity index (χ0n) is 19.3. The molecule has 0 saturated carbocycles. The van der Waals surface area contributed by atoms with E-state index in [2.05, 4.69) is 10.6 Å². The molecule has 3 aromatic carbocycles. The van der Waals surface area contributed by atoms with Gasteiger partial charge in [-0.1, -0.05) is 84.9 Å². The second-order valence-electron chi connectivity index (χ2n) is 7.79. The molecule has 2 atom stereocenters. The van der Waals surface area contributed by atoms with Crippen LogP contribution in [-0.4, -0.2) is 48.9 Å². The van der Waals surface area contributed by atoms with Gasteiger partial charge in [0.15, 0.2) is 0 Å². The fourth-order valence-electron chi connectivity index (χ4n) is 3.41. The van der Waals surface area contributed by atoms with Crippen LogP contribution in [0.5, 0.6) is 0 Å². The lowest BCUT2D eigenvalue weighted by Crippen LogP contribution is -2.54. The Kier molecular flexibility index (Phi) is 9.39. The molecule has 35 heavy (non-hydrogen) atoms. The molecule has 0 bridgehead atoms. The molecular formula is C27H28N2O6. The van der Waals surface area contributed by atoms with Crippen LogP contribution in [0.25, 0.3) is 11.1 Å². The first-order valence-electron chi connectivity index (χ1n) is 11.1. The van der Waals surface area contributed by atoms with E-state index in [9.17, 15) is 19.5 Å². The van der Waals surface area contributed by atoms with Crippen molar-refractivity contribution in [3.8, 4) is 11.1 Å². The summed E-state index contributed by atoms with van der Waals surface area (Å²) in [6.07, 6.45) is -0.696. The monoisotopic (exact) mass is 476 g/mol.